The van der Waals surface area contributed by atoms with Crippen LogP contribution in [0.3, 0.4) is 0 Å². The number of halogens is 1. The monoisotopic (exact) mass is 410 g/mol. The maximum absolute atomic E-state index is 14.0. The second kappa shape index (κ2) is 8.55. The van der Waals surface area contributed by atoms with E-state index < -0.39 is 23.4 Å². The maximum atomic E-state index is 14.0. The van der Waals surface area contributed by atoms with Gasteiger partial charge in [-0.05, 0) is 39.8 Å². The van der Waals surface area contributed by atoms with E-state index in [0.717, 1.165) is 4.90 Å². The molecule has 0 aliphatic carbocycles. The fourth-order valence-electron chi connectivity index (χ4n) is 2.51. The third kappa shape index (κ3) is 4.98. The number of thiocarbonyl (C=S) groups is 1. The van der Waals surface area contributed by atoms with Crippen molar-refractivity contribution in [3.05, 3.63) is 35.3 Å². The maximum Gasteiger partial charge on any atom is 0.417 e. The summed E-state index contributed by atoms with van der Waals surface area (Å²) in [4.78, 5) is 25.8. The molecule has 2 rings (SSSR count). The van der Waals surface area contributed by atoms with E-state index in [2.05, 4.69) is 5.32 Å². The highest BCUT2D eigenvalue weighted by molar-refractivity contribution is 7.81. The van der Waals surface area contributed by atoms with Crippen molar-refractivity contribution in [3.63, 3.8) is 0 Å². The Balaban J connectivity index is 2.26. The smallest absolute Gasteiger partial charge is 0.417 e. The minimum atomic E-state index is -0.828. The SMILES string of the molecule is CCOc1c(F)cccc1NC(=S)C1=C(O)CCN(C(=O)OC(C)(C)C)C1=O. The molecule has 1 aromatic rings. The molecule has 7 nitrogen and oxygen atoms in total. The number of amides is 2. The molecule has 0 unspecified atom stereocenters. The highest BCUT2D eigenvalue weighted by atomic mass is 32.1. The summed E-state index contributed by atoms with van der Waals surface area (Å²) in [6, 6.07) is 4.20. The number of para-hydroxylation sites is 1. The Bertz CT molecular complexity index is 832. The van der Waals surface area contributed by atoms with E-state index in [1.165, 1.54) is 18.2 Å². The van der Waals surface area contributed by atoms with E-state index in [0.29, 0.717) is 0 Å². The van der Waals surface area contributed by atoms with Gasteiger partial charge in [0.25, 0.3) is 5.91 Å². The molecule has 0 bridgehead atoms. The van der Waals surface area contributed by atoms with E-state index in [-0.39, 0.29) is 47.3 Å². The zero-order chi connectivity index (χ0) is 21.1. The van der Waals surface area contributed by atoms with Gasteiger partial charge in [-0.15, -0.1) is 0 Å². The molecule has 152 valence electrons. The number of rotatable bonds is 4. The zero-order valence-electron chi connectivity index (χ0n) is 16.2. The van der Waals surface area contributed by atoms with Crippen LogP contribution in [0.1, 0.15) is 34.1 Å². The third-order valence-corrected chi connectivity index (χ3v) is 3.97. The number of aliphatic hydroxyl groups is 1. The molecule has 2 N–H and O–H groups in total. The predicted molar refractivity (Wildman–Crippen MR) is 106 cm³/mol. The normalized spacial score (nSPS) is 14.8. The number of nitrogens with zero attached hydrogens (tertiary/aromatic N) is 1. The molecule has 0 spiro atoms. The Morgan fingerprint density at radius 3 is 2.68 bits per heavy atom. The molecule has 28 heavy (non-hydrogen) atoms. The molecule has 0 saturated heterocycles. The van der Waals surface area contributed by atoms with Gasteiger partial charge in [-0.25, -0.2) is 14.1 Å². The molecule has 0 atom stereocenters. The van der Waals surface area contributed by atoms with Gasteiger partial charge in [0.1, 0.15) is 21.9 Å². The molecule has 0 radical (unpaired) electrons. The Morgan fingerprint density at radius 2 is 2.07 bits per heavy atom. The second-order valence-electron chi connectivity index (χ2n) is 7.01. The number of imide groups is 1. The first-order valence-electron chi connectivity index (χ1n) is 8.74. The lowest BCUT2D eigenvalue weighted by atomic mass is 10.1. The summed E-state index contributed by atoms with van der Waals surface area (Å²) in [7, 11) is 0. The molecule has 2 amide bonds. The van der Waals surface area contributed by atoms with Gasteiger partial charge < -0.3 is 19.9 Å². The van der Waals surface area contributed by atoms with Crippen LogP contribution < -0.4 is 10.1 Å². The average Bonchev–Trinajstić information content (AvgIpc) is 2.56. The molecule has 0 saturated carbocycles. The van der Waals surface area contributed by atoms with Crippen LogP contribution >= 0.6 is 12.2 Å². The number of nitrogens with one attached hydrogen (secondary N) is 1. The van der Waals surface area contributed by atoms with Crippen molar-refractivity contribution in [2.75, 3.05) is 18.5 Å². The Kier molecular flexibility index (Phi) is 6.60. The summed E-state index contributed by atoms with van der Waals surface area (Å²) in [5, 5.41) is 12.9. The molecule has 0 fully saturated rings. The molecule has 1 aromatic carbocycles. The van der Waals surface area contributed by atoms with Crippen molar-refractivity contribution >= 4 is 34.9 Å². The highest BCUT2D eigenvalue weighted by Crippen LogP contribution is 2.29. The van der Waals surface area contributed by atoms with Crippen LogP contribution in [0.5, 0.6) is 5.75 Å². The number of hydrogen-bond acceptors (Lipinski definition) is 6. The summed E-state index contributed by atoms with van der Waals surface area (Å²) in [5.41, 5.74) is -0.818. The first-order valence-corrected chi connectivity index (χ1v) is 9.15. The second-order valence-corrected chi connectivity index (χ2v) is 7.42. The Hall–Kier alpha value is -2.68. The first kappa shape index (κ1) is 21.6. The Labute approximate surface area is 168 Å². The Morgan fingerprint density at radius 1 is 1.39 bits per heavy atom. The lowest BCUT2D eigenvalue weighted by Gasteiger charge is -2.30. The third-order valence-electron chi connectivity index (χ3n) is 3.66. The van der Waals surface area contributed by atoms with Crippen molar-refractivity contribution in [2.45, 2.75) is 39.7 Å². The van der Waals surface area contributed by atoms with Crippen molar-refractivity contribution in [1.29, 1.82) is 0 Å². The quantitative estimate of drug-likeness (QED) is 0.727. The topological polar surface area (TPSA) is 88.1 Å². The number of ether oxygens (including phenoxy) is 2. The number of aliphatic hydroxyl groups excluding tert-OH is 1. The van der Waals surface area contributed by atoms with Gasteiger partial charge >= 0.3 is 6.09 Å². The fraction of sp³-hybridized carbons (Fsp3) is 0.421. The van der Waals surface area contributed by atoms with Crippen LogP contribution in [0.25, 0.3) is 0 Å². The number of carbonyl (C=O) groups excluding carboxylic acids is 2. The number of hydrogen-bond donors (Lipinski definition) is 2. The van der Waals surface area contributed by atoms with E-state index in [9.17, 15) is 19.1 Å². The van der Waals surface area contributed by atoms with Gasteiger partial charge in [0.05, 0.1) is 12.3 Å². The van der Waals surface area contributed by atoms with E-state index in [1.807, 2.05) is 0 Å². The highest BCUT2D eigenvalue weighted by Gasteiger charge is 2.36. The molecular weight excluding hydrogens is 387 g/mol. The average molecular weight is 410 g/mol. The van der Waals surface area contributed by atoms with Crippen LogP contribution in [0.15, 0.2) is 29.5 Å². The van der Waals surface area contributed by atoms with Crippen LogP contribution in [0.4, 0.5) is 14.9 Å². The first-order chi connectivity index (χ1) is 13.0. The van der Waals surface area contributed by atoms with Gasteiger partial charge in [0, 0.05) is 13.0 Å². The van der Waals surface area contributed by atoms with Crippen molar-refractivity contribution < 1.29 is 28.6 Å². The lowest BCUT2D eigenvalue weighted by Crippen LogP contribution is -2.46. The molecule has 0 aromatic heterocycles. The summed E-state index contributed by atoms with van der Waals surface area (Å²) in [5.74, 6) is -1.69. The van der Waals surface area contributed by atoms with E-state index >= 15 is 0 Å². The minimum absolute atomic E-state index is 0.0314. The van der Waals surface area contributed by atoms with Crippen molar-refractivity contribution in [2.24, 2.45) is 0 Å². The van der Waals surface area contributed by atoms with Gasteiger partial charge in [-0.1, -0.05) is 18.3 Å². The predicted octanol–water partition coefficient (Wildman–Crippen LogP) is 3.94. The number of carbonyl (C=O) groups is 2. The zero-order valence-corrected chi connectivity index (χ0v) is 17.0. The minimum Gasteiger partial charge on any atom is -0.511 e. The molecular formula is C19H23FN2O5S. The van der Waals surface area contributed by atoms with E-state index in [1.54, 1.807) is 27.7 Å². The van der Waals surface area contributed by atoms with Crippen molar-refractivity contribution in [3.8, 4) is 5.75 Å². The van der Waals surface area contributed by atoms with Crippen LogP contribution in [-0.2, 0) is 9.53 Å². The van der Waals surface area contributed by atoms with Gasteiger partial charge in [-0.2, -0.15) is 0 Å². The van der Waals surface area contributed by atoms with Gasteiger partial charge in [0.15, 0.2) is 11.6 Å². The number of benzene rings is 1. The van der Waals surface area contributed by atoms with E-state index in [4.69, 9.17) is 21.7 Å². The molecule has 9 heteroatoms. The largest absolute Gasteiger partial charge is 0.511 e. The van der Waals surface area contributed by atoms with Crippen LogP contribution in [-0.4, -0.2) is 45.7 Å². The summed E-state index contributed by atoms with van der Waals surface area (Å²) in [6.45, 7) is 6.93. The number of anilines is 1. The van der Waals surface area contributed by atoms with Gasteiger partial charge in [0.2, 0.25) is 0 Å². The lowest BCUT2D eigenvalue weighted by molar-refractivity contribution is -0.126. The summed E-state index contributed by atoms with van der Waals surface area (Å²) < 4.78 is 24.5. The van der Waals surface area contributed by atoms with Crippen molar-refractivity contribution in [1.82, 2.24) is 4.90 Å². The summed E-state index contributed by atoms with van der Waals surface area (Å²) in [6.07, 6.45) is -0.796. The molecule has 1 aliphatic heterocycles. The van der Waals surface area contributed by atoms with Gasteiger partial charge in [-0.3, -0.25) is 4.79 Å². The standard InChI is InChI=1S/C19H23FN2O5S/c1-5-26-15-11(20)7-6-8-12(15)21-16(28)14-13(23)9-10-22(17(14)24)18(25)27-19(2,3)4/h6-8,23H,5,9-10H2,1-4H3,(H,21,28). The fourth-order valence-corrected chi connectivity index (χ4v) is 2.82. The van der Waals surface area contributed by atoms with Crippen LogP contribution in [0, 0.1) is 5.82 Å². The summed E-state index contributed by atoms with van der Waals surface area (Å²) >= 11 is 5.24. The molecule has 1 heterocycles. The van der Waals surface area contributed by atoms with Crippen LogP contribution in [0.2, 0.25) is 0 Å². The molecule has 1 aliphatic rings.